The first-order valence-corrected chi connectivity index (χ1v) is 4.05. The first-order chi connectivity index (χ1) is 6.24. The van der Waals surface area contributed by atoms with Crippen molar-refractivity contribution in [1.82, 2.24) is 4.98 Å². The molecule has 68 valence electrons. The number of rotatable bonds is 1. The lowest BCUT2D eigenvalue weighted by Crippen LogP contribution is -1.96. The SMILES string of the molecule is Cc1cnc(F)c(C#CCCN)c1. The maximum absolute atomic E-state index is 13.0. The number of hydrogen-bond acceptors (Lipinski definition) is 2. The average molecular weight is 178 g/mol. The zero-order chi connectivity index (χ0) is 9.68. The minimum Gasteiger partial charge on any atom is -0.330 e. The Morgan fingerprint density at radius 2 is 2.38 bits per heavy atom. The number of aromatic nitrogens is 1. The monoisotopic (exact) mass is 178 g/mol. The van der Waals surface area contributed by atoms with Crippen LogP contribution < -0.4 is 5.73 Å². The van der Waals surface area contributed by atoms with E-state index in [1.807, 2.05) is 6.92 Å². The molecule has 0 bridgehead atoms. The lowest BCUT2D eigenvalue weighted by Gasteiger charge is -1.94. The number of hydrogen-bond donors (Lipinski definition) is 1. The van der Waals surface area contributed by atoms with Gasteiger partial charge in [0.05, 0.1) is 5.56 Å². The molecule has 0 amide bonds. The molecule has 3 heteroatoms. The van der Waals surface area contributed by atoms with Gasteiger partial charge in [-0.05, 0) is 18.6 Å². The standard InChI is InChI=1S/C10H11FN2/c1-8-6-9(4-2-3-5-12)10(11)13-7-8/h6-7H,3,5,12H2,1H3. The van der Waals surface area contributed by atoms with Crippen LogP contribution in [-0.4, -0.2) is 11.5 Å². The van der Waals surface area contributed by atoms with Crippen molar-refractivity contribution in [2.24, 2.45) is 5.73 Å². The number of nitrogens with zero attached hydrogens (tertiary/aromatic N) is 1. The largest absolute Gasteiger partial charge is 0.330 e. The highest BCUT2D eigenvalue weighted by atomic mass is 19.1. The highest BCUT2D eigenvalue weighted by Gasteiger charge is 1.98. The number of aryl methyl sites for hydroxylation is 1. The maximum Gasteiger partial charge on any atom is 0.228 e. The van der Waals surface area contributed by atoms with Gasteiger partial charge < -0.3 is 5.73 Å². The number of nitrogens with two attached hydrogens (primary N) is 1. The van der Waals surface area contributed by atoms with E-state index in [2.05, 4.69) is 16.8 Å². The Morgan fingerprint density at radius 1 is 1.62 bits per heavy atom. The van der Waals surface area contributed by atoms with E-state index in [-0.39, 0.29) is 0 Å². The highest BCUT2D eigenvalue weighted by molar-refractivity contribution is 5.34. The van der Waals surface area contributed by atoms with Crippen LogP contribution in [-0.2, 0) is 0 Å². The Morgan fingerprint density at radius 3 is 3.08 bits per heavy atom. The molecule has 0 aliphatic carbocycles. The summed E-state index contributed by atoms with van der Waals surface area (Å²) in [7, 11) is 0. The Bertz CT molecular complexity index is 350. The molecule has 13 heavy (non-hydrogen) atoms. The summed E-state index contributed by atoms with van der Waals surface area (Å²) >= 11 is 0. The second-order valence-electron chi connectivity index (χ2n) is 2.69. The maximum atomic E-state index is 13.0. The van der Waals surface area contributed by atoms with Gasteiger partial charge in [0.1, 0.15) is 0 Å². The van der Waals surface area contributed by atoms with E-state index in [9.17, 15) is 4.39 Å². The second kappa shape index (κ2) is 4.58. The molecule has 0 spiro atoms. The van der Waals surface area contributed by atoms with Crippen LogP contribution in [0.3, 0.4) is 0 Å². The van der Waals surface area contributed by atoms with Gasteiger partial charge in [-0.2, -0.15) is 4.39 Å². The van der Waals surface area contributed by atoms with Crippen LogP contribution in [0.15, 0.2) is 12.3 Å². The third-order valence-electron chi connectivity index (χ3n) is 1.47. The molecular formula is C10H11FN2. The van der Waals surface area contributed by atoms with Crippen LogP contribution in [0.2, 0.25) is 0 Å². The van der Waals surface area contributed by atoms with Gasteiger partial charge in [0.15, 0.2) is 0 Å². The molecule has 1 rings (SSSR count). The van der Waals surface area contributed by atoms with Crippen LogP contribution in [0.25, 0.3) is 0 Å². The molecule has 1 aromatic rings. The zero-order valence-corrected chi connectivity index (χ0v) is 7.47. The first-order valence-electron chi connectivity index (χ1n) is 4.05. The first kappa shape index (κ1) is 9.69. The third kappa shape index (κ3) is 2.85. The molecule has 2 nitrogen and oxygen atoms in total. The molecule has 0 atom stereocenters. The van der Waals surface area contributed by atoms with Crippen molar-refractivity contribution in [1.29, 1.82) is 0 Å². The van der Waals surface area contributed by atoms with E-state index in [0.717, 1.165) is 5.56 Å². The number of pyridine rings is 1. The molecule has 0 fully saturated rings. The summed E-state index contributed by atoms with van der Waals surface area (Å²) in [5.41, 5.74) is 6.49. The predicted octanol–water partition coefficient (Wildman–Crippen LogP) is 1.23. The fraction of sp³-hybridized carbons (Fsp3) is 0.300. The smallest absolute Gasteiger partial charge is 0.228 e. The molecule has 0 saturated heterocycles. The lowest BCUT2D eigenvalue weighted by atomic mass is 10.2. The van der Waals surface area contributed by atoms with Gasteiger partial charge in [-0.15, -0.1) is 0 Å². The van der Waals surface area contributed by atoms with Crippen molar-refractivity contribution in [2.45, 2.75) is 13.3 Å². The number of halogens is 1. The van der Waals surface area contributed by atoms with Gasteiger partial charge in [0.25, 0.3) is 0 Å². The van der Waals surface area contributed by atoms with Gasteiger partial charge in [-0.25, -0.2) is 4.98 Å². The molecular weight excluding hydrogens is 167 g/mol. The molecule has 0 aliphatic rings. The van der Waals surface area contributed by atoms with E-state index in [1.165, 1.54) is 6.20 Å². The predicted molar refractivity (Wildman–Crippen MR) is 49.5 cm³/mol. The quantitative estimate of drug-likeness (QED) is 0.519. The van der Waals surface area contributed by atoms with Crippen LogP contribution in [0, 0.1) is 24.7 Å². The van der Waals surface area contributed by atoms with Gasteiger partial charge in [-0.1, -0.05) is 11.8 Å². The van der Waals surface area contributed by atoms with Gasteiger partial charge in [0, 0.05) is 19.2 Å². The van der Waals surface area contributed by atoms with E-state index in [4.69, 9.17) is 5.73 Å². The Balaban J connectivity index is 2.89. The summed E-state index contributed by atoms with van der Waals surface area (Å²) in [5.74, 6) is 4.93. The normalized spacial score (nSPS) is 9.15. The fourth-order valence-electron chi connectivity index (χ4n) is 0.870. The Hall–Kier alpha value is -1.40. The van der Waals surface area contributed by atoms with Crippen LogP contribution >= 0.6 is 0 Å². The Labute approximate surface area is 77.0 Å². The zero-order valence-electron chi connectivity index (χ0n) is 7.47. The van der Waals surface area contributed by atoms with Crippen molar-refractivity contribution in [2.75, 3.05) is 6.54 Å². The topological polar surface area (TPSA) is 38.9 Å². The molecule has 0 radical (unpaired) electrons. The van der Waals surface area contributed by atoms with E-state index < -0.39 is 5.95 Å². The van der Waals surface area contributed by atoms with Gasteiger partial charge >= 0.3 is 0 Å². The Kier molecular flexibility index (Phi) is 3.41. The molecule has 0 aliphatic heterocycles. The van der Waals surface area contributed by atoms with E-state index >= 15 is 0 Å². The summed E-state index contributed by atoms with van der Waals surface area (Å²) in [4.78, 5) is 3.56. The van der Waals surface area contributed by atoms with E-state index in [1.54, 1.807) is 6.07 Å². The van der Waals surface area contributed by atoms with Crippen molar-refractivity contribution in [3.8, 4) is 11.8 Å². The van der Waals surface area contributed by atoms with Crippen molar-refractivity contribution >= 4 is 0 Å². The minimum atomic E-state index is -0.518. The van der Waals surface area contributed by atoms with Crippen molar-refractivity contribution < 1.29 is 4.39 Å². The van der Waals surface area contributed by atoms with Crippen molar-refractivity contribution in [3.63, 3.8) is 0 Å². The van der Waals surface area contributed by atoms with Crippen LogP contribution in [0.1, 0.15) is 17.5 Å². The molecule has 2 N–H and O–H groups in total. The second-order valence-corrected chi connectivity index (χ2v) is 2.69. The van der Waals surface area contributed by atoms with Crippen LogP contribution in [0.5, 0.6) is 0 Å². The summed E-state index contributed by atoms with van der Waals surface area (Å²) in [6.45, 7) is 2.34. The van der Waals surface area contributed by atoms with Crippen LogP contribution in [0.4, 0.5) is 4.39 Å². The average Bonchev–Trinajstić information content (AvgIpc) is 2.11. The molecule has 1 heterocycles. The highest BCUT2D eigenvalue weighted by Crippen LogP contribution is 2.04. The summed E-state index contributed by atoms with van der Waals surface area (Å²) in [6.07, 6.45) is 2.05. The molecule has 0 saturated carbocycles. The summed E-state index contributed by atoms with van der Waals surface area (Å²) < 4.78 is 13.0. The molecule has 0 unspecified atom stereocenters. The summed E-state index contributed by atoms with van der Waals surface area (Å²) in [5, 5.41) is 0. The van der Waals surface area contributed by atoms with Gasteiger partial charge in [-0.3, -0.25) is 0 Å². The lowest BCUT2D eigenvalue weighted by molar-refractivity contribution is 0.579. The molecule has 1 aromatic heterocycles. The third-order valence-corrected chi connectivity index (χ3v) is 1.47. The fourth-order valence-corrected chi connectivity index (χ4v) is 0.870. The molecule has 0 aromatic carbocycles. The van der Waals surface area contributed by atoms with Crippen molar-refractivity contribution in [3.05, 3.63) is 29.3 Å². The van der Waals surface area contributed by atoms with E-state index in [0.29, 0.717) is 18.5 Å². The minimum absolute atomic E-state index is 0.341. The summed E-state index contributed by atoms with van der Waals surface area (Å²) in [6, 6.07) is 1.67. The van der Waals surface area contributed by atoms with Gasteiger partial charge in [0.2, 0.25) is 5.95 Å².